The molecule has 8 nitrogen and oxygen atoms in total. The van der Waals surface area contributed by atoms with Crippen molar-refractivity contribution in [3.05, 3.63) is 65.7 Å². The summed E-state index contributed by atoms with van der Waals surface area (Å²) in [5, 5.41) is 13.2. The number of methoxy groups -OCH3 is 1. The van der Waals surface area contributed by atoms with Crippen molar-refractivity contribution in [1.82, 2.24) is 20.2 Å². The summed E-state index contributed by atoms with van der Waals surface area (Å²) in [6, 6.07) is 9.98. The van der Waals surface area contributed by atoms with Crippen LogP contribution in [0.2, 0.25) is 0 Å². The number of amides is 1. The van der Waals surface area contributed by atoms with Crippen LogP contribution in [0.1, 0.15) is 20.7 Å². The molecule has 126 valence electrons. The number of hydrogen-bond acceptors (Lipinski definition) is 6. The molecule has 3 rings (SSSR count). The van der Waals surface area contributed by atoms with Gasteiger partial charge in [-0.1, -0.05) is 12.1 Å². The van der Waals surface area contributed by atoms with Gasteiger partial charge in [-0.15, -0.1) is 5.10 Å². The largest absolute Gasteiger partial charge is 0.465 e. The summed E-state index contributed by atoms with van der Waals surface area (Å²) >= 11 is 0. The molecule has 1 N–H and O–H groups in total. The fourth-order valence-corrected chi connectivity index (χ4v) is 2.23. The molecule has 0 spiro atoms. The fourth-order valence-electron chi connectivity index (χ4n) is 2.23. The first-order chi connectivity index (χ1) is 12.1. The van der Waals surface area contributed by atoms with Crippen LogP contribution in [-0.4, -0.2) is 39.2 Å². The van der Waals surface area contributed by atoms with Crippen LogP contribution in [0.3, 0.4) is 0 Å². The number of nitrogens with zero attached hydrogens (tertiary/aromatic N) is 4. The van der Waals surface area contributed by atoms with E-state index in [4.69, 9.17) is 4.74 Å². The molecular formula is C16H12FN5O3. The average Bonchev–Trinajstić information content (AvgIpc) is 3.16. The molecule has 0 fully saturated rings. The van der Waals surface area contributed by atoms with Gasteiger partial charge in [-0.05, 0) is 34.7 Å². The smallest absolute Gasteiger partial charge is 0.339 e. The highest BCUT2D eigenvalue weighted by Gasteiger charge is 2.18. The lowest BCUT2D eigenvalue weighted by molar-refractivity contribution is 0.0602. The zero-order valence-electron chi connectivity index (χ0n) is 13.0. The Morgan fingerprint density at radius 3 is 2.68 bits per heavy atom. The molecule has 1 aromatic heterocycles. The maximum Gasteiger partial charge on any atom is 0.339 e. The minimum atomic E-state index is -0.587. The monoisotopic (exact) mass is 341 g/mol. The van der Waals surface area contributed by atoms with Gasteiger partial charge >= 0.3 is 5.97 Å². The Morgan fingerprint density at radius 1 is 1.16 bits per heavy atom. The molecule has 0 unspecified atom stereocenters. The normalized spacial score (nSPS) is 10.3. The van der Waals surface area contributed by atoms with Crippen LogP contribution in [-0.2, 0) is 4.74 Å². The van der Waals surface area contributed by atoms with Crippen LogP contribution in [0, 0.1) is 5.82 Å². The number of para-hydroxylation sites is 1. The van der Waals surface area contributed by atoms with Gasteiger partial charge in [0.2, 0.25) is 0 Å². The van der Waals surface area contributed by atoms with Crippen molar-refractivity contribution in [2.24, 2.45) is 0 Å². The second-order valence-corrected chi connectivity index (χ2v) is 4.91. The van der Waals surface area contributed by atoms with Gasteiger partial charge in [-0.3, -0.25) is 4.79 Å². The Kier molecular flexibility index (Phi) is 4.46. The van der Waals surface area contributed by atoms with Gasteiger partial charge in [0.05, 0.1) is 29.6 Å². The molecule has 0 saturated carbocycles. The van der Waals surface area contributed by atoms with Gasteiger partial charge in [-0.25, -0.2) is 9.18 Å². The third kappa shape index (κ3) is 3.34. The highest BCUT2D eigenvalue weighted by molar-refractivity contribution is 6.09. The van der Waals surface area contributed by atoms with Crippen molar-refractivity contribution in [2.45, 2.75) is 0 Å². The number of benzene rings is 2. The molecule has 3 aromatic rings. The number of aromatic nitrogens is 4. The summed E-state index contributed by atoms with van der Waals surface area (Å²) in [7, 11) is 1.25. The summed E-state index contributed by atoms with van der Waals surface area (Å²) in [5.41, 5.74) is 0.766. The molecule has 0 bridgehead atoms. The molecular weight excluding hydrogens is 329 g/mol. The Morgan fingerprint density at radius 2 is 1.96 bits per heavy atom. The lowest BCUT2D eigenvalue weighted by Crippen LogP contribution is -2.18. The lowest BCUT2D eigenvalue weighted by atomic mass is 10.1. The predicted octanol–water partition coefficient (Wildman–Crippen LogP) is 1.84. The Balaban J connectivity index is 1.97. The molecule has 1 heterocycles. The molecule has 1 amide bonds. The van der Waals surface area contributed by atoms with E-state index in [1.54, 1.807) is 18.2 Å². The molecule has 0 saturated heterocycles. The number of halogens is 1. The third-order valence-corrected chi connectivity index (χ3v) is 3.38. The van der Waals surface area contributed by atoms with Gasteiger partial charge < -0.3 is 10.1 Å². The molecule has 0 aliphatic heterocycles. The van der Waals surface area contributed by atoms with E-state index >= 15 is 0 Å². The number of rotatable bonds is 4. The molecule has 0 atom stereocenters. The molecule has 0 radical (unpaired) electrons. The Hall–Kier alpha value is -3.62. The van der Waals surface area contributed by atoms with E-state index in [0.717, 1.165) is 12.1 Å². The summed E-state index contributed by atoms with van der Waals surface area (Å²) in [4.78, 5) is 24.4. The zero-order chi connectivity index (χ0) is 17.8. The number of anilines is 1. The highest BCUT2D eigenvalue weighted by atomic mass is 19.1. The molecule has 9 heteroatoms. The summed E-state index contributed by atoms with van der Waals surface area (Å²) in [5.74, 6) is -1.69. The van der Waals surface area contributed by atoms with E-state index < -0.39 is 17.7 Å². The topological polar surface area (TPSA) is 99.0 Å². The van der Waals surface area contributed by atoms with Crippen molar-refractivity contribution in [3.8, 4) is 5.69 Å². The SMILES string of the molecule is COC(=O)c1ccccc1NC(=O)c1ccc(F)cc1-n1cnnn1. The standard InChI is InChI=1S/C16H12FN5O3/c1-25-16(24)11-4-2-3-5-13(11)19-15(23)12-7-6-10(17)8-14(12)22-9-18-20-21-22/h2-9H,1H3,(H,19,23). The van der Waals surface area contributed by atoms with E-state index in [2.05, 4.69) is 20.8 Å². The van der Waals surface area contributed by atoms with Crippen LogP contribution in [0.25, 0.3) is 5.69 Å². The van der Waals surface area contributed by atoms with Crippen LogP contribution >= 0.6 is 0 Å². The van der Waals surface area contributed by atoms with E-state index in [9.17, 15) is 14.0 Å². The number of tetrazole rings is 1. The third-order valence-electron chi connectivity index (χ3n) is 3.38. The number of carbonyl (C=O) groups is 2. The summed E-state index contributed by atoms with van der Waals surface area (Å²) in [6.45, 7) is 0. The van der Waals surface area contributed by atoms with E-state index in [1.807, 2.05) is 0 Å². The predicted molar refractivity (Wildman–Crippen MR) is 84.8 cm³/mol. The lowest BCUT2D eigenvalue weighted by Gasteiger charge is -2.12. The first kappa shape index (κ1) is 16.2. The number of esters is 1. The van der Waals surface area contributed by atoms with Gasteiger partial charge in [0.1, 0.15) is 12.1 Å². The van der Waals surface area contributed by atoms with Crippen molar-refractivity contribution in [3.63, 3.8) is 0 Å². The first-order valence-corrected chi connectivity index (χ1v) is 7.11. The number of nitrogens with one attached hydrogen (secondary N) is 1. The quantitative estimate of drug-likeness (QED) is 0.727. The minimum Gasteiger partial charge on any atom is -0.465 e. The minimum absolute atomic E-state index is 0.133. The Bertz CT molecular complexity index is 927. The molecule has 25 heavy (non-hydrogen) atoms. The second-order valence-electron chi connectivity index (χ2n) is 4.91. The van der Waals surface area contributed by atoms with Crippen LogP contribution in [0.15, 0.2) is 48.8 Å². The van der Waals surface area contributed by atoms with Crippen LogP contribution in [0.4, 0.5) is 10.1 Å². The van der Waals surface area contributed by atoms with Crippen molar-refractivity contribution in [2.75, 3.05) is 12.4 Å². The number of hydrogen-bond donors (Lipinski definition) is 1. The van der Waals surface area contributed by atoms with E-state index in [1.165, 1.54) is 30.3 Å². The van der Waals surface area contributed by atoms with Crippen molar-refractivity contribution < 1.29 is 18.7 Å². The Labute approximate surface area is 141 Å². The average molecular weight is 341 g/mol. The highest BCUT2D eigenvalue weighted by Crippen LogP contribution is 2.20. The van der Waals surface area contributed by atoms with Gasteiger partial charge in [0.15, 0.2) is 0 Å². The molecule has 0 aliphatic rings. The number of carbonyl (C=O) groups excluding carboxylic acids is 2. The first-order valence-electron chi connectivity index (χ1n) is 7.11. The van der Waals surface area contributed by atoms with Gasteiger partial charge in [0, 0.05) is 6.07 Å². The summed E-state index contributed by atoms with van der Waals surface area (Å²) < 4.78 is 19.4. The number of ether oxygens (including phenoxy) is 1. The molecule has 0 aliphatic carbocycles. The van der Waals surface area contributed by atoms with Crippen LogP contribution in [0.5, 0.6) is 0 Å². The maximum absolute atomic E-state index is 13.6. The van der Waals surface area contributed by atoms with Crippen LogP contribution < -0.4 is 5.32 Å². The van der Waals surface area contributed by atoms with Crippen molar-refractivity contribution >= 4 is 17.6 Å². The van der Waals surface area contributed by atoms with Crippen molar-refractivity contribution in [1.29, 1.82) is 0 Å². The maximum atomic E-state index is 13.6. The summed E-state index contributed by atoms with van der Waals surface area (Å²) in [6.07, 6.45) is 1.24. The van der Waals surface area contributed by atoms with E-state index in [-0.39, 0.29) is 22.5 Å². The fraction of sp³-hybridized carbons (Fsp3) is 0.0625. The second kappa shape index (κ2) is 6.87. The van der Waals surface area contributed by atoms with Gasteiger partial charge in [0.25, 0.3) is 5.91 Å². The molecule has 2 aromatic carbocycles. The van der Waals surface area contributed by atoms with E-state index in [0.29, 0.717) is 0 Å². The van der Waals surface area contributed by atoms with Gasteiger partial charge in [-0.2, -0.15) is 4.68 Å². The zero-order valence-corrected chi connectivity index (χ0v) is 13.0.